The van der Waals surface area contributed by atoms with E-state index in [1.165, 1.54) is 0 Å². The lowest BCUT2D eigenvalue weighted by molar-refractivity contribution is -0.157. The van der Waals surface area contributed by atoms with Crippen molar-refractivity contribution in [3.8, 4) is 0 Å². The number of nitrogens with zero attached hydrogens (tertiary/aromatic N) is 3. The Bertz CT molecular complexity index is 936. The van der Waals surface area contributed by atoms with Crippen molar-refractivity contribution in [2.45, 2.75) is 58.2 Å². The zero-order valence-corrected chi connectivity index (χ0v) is 21.5. The van der Waals surface area contributed by atoms with E-state index in [2.05, 4.69) is 61.6 Å². The third kappa shape index (κ3) is 6.35. The van der Waals surface area contributed by atoms with Crippen molar-refractivity contribution in [2.24, 2.45) is 11.0 Å². The van der Waals surface area contributed by atoms with Crippen LogP contribution in [0.2, 0.25) is 5.04 Å². The zero-order valence-electron chi connectivity index (χ0n) is 20.5. The minimum Gasteiger partial charge on any atom is -0.460 e. The van der Waals surface area contributed by atoms with Gasteiger partial charge in [0.05, 0.1) is 0 Å². The molecule has 176 valence electrons. The quantitative estimate of drug-likeness (QED) is 0.124. The fourth-order valence-electron chi connectivity index (χ4n) is 4.00. The van der Waals surface area contributed by atoms with E-state index in [0.717, 1.165) is 10.4 Å². The molecule has 7 heteroatoms. The summed E-state index contributed by atoms with van der Waals surface area (Å²) in [5, 5.41) is 5.79. The average Bonchev–Trinajstić information content (AvgIpc) is 2.75. The second-order valence-electron chi connectivity index (χ2n) is 10.1. The third-order valence-corrected chi connectivity index (χ3v) is 10.4. The topological polar surface area (TPSA) is 84.3 Å². The molecule has 0 saturated heterocycles. The van der Waals surface area contributed by atoms with Gasteiger partial charge in [0, 0.05) is 17.4 Å². The van der Waals surface area contributed by atoms with Crippen LogP contribution in [0.3, 0.4) is 0 Å². The summed E-state index contributed by atoms with van der Waals surface area (Å²) < 4.78 is 12.4. The van der Waals surface area contributed by atoms with Gasteiger partial charge in [-0.25, -0.2) is 0 Å². The fourth-order valence-corrected chi connectivity index (χ4v) is 8.59. The van der Waals surface area contributed by atoms with Gasteiger partial charge in [-0.2, -0.15) is 0 Å². The van der Waals surface area contributed by atoms with E-state index < -0.39 is 31.8 Å². The van der Waals surface area contributed by atoms with Gasteiger partial charge in [0.25, 0.3) is 8.32 Å². The molecule has 0 heterocycles. The van der Waals surface area contributed by atoms with E-state index in [-0.39, 0.29) is 11.6 Å². The van der Waals surface area contributed by atoms with E-state index in [9.17, 15) is 4.79 Å². The van der Waals surface area contributed by atoms with Crippen LogP contribution in [0, 0.1) is 5.92 Å². The van der Waals surface area contributed by atoms with Crippen LogP contribution in [0.4, 0.5) is 0 Å². The Kier molecular flexibility index (Phi) is 8.67. The van der Waals surface area contributed by atoms with E-state index >= 15 is 0 Å². The zero-order chi connectivity index (χ0) is 24.7. The number of hydrogen-bond acceptors (Lipinski definition) is 4. The van der Waals surface area contributed by atoms with Crippen molar-refractivity contribution in [1.29, 1.82) is 0 Å². The summed E-state index contributed by atoms with van der Waals surface area (Å²) in [5.74, 6) is -1.13. The van der Waals surface area contributed by atoms with Crippen LogP contribution in [-0.4, -0.2) is 32.5 Å². The average molecular weight is 466 g/mol. The molecule has 33 heavy (non-hydrogen) atoms. The molecule has 2 aromatic rings. The molecule has 6 nitrogen and oxygen atoms in total. The van der Waals surface area contributed by atoms with Crippen molar-refractivity contribution in [3.63, 3.8) is 0 Å². The normalized spacial score (nSPS) is 14.0. The van der Waals surface area contributed by atoms with Gasteiger partial charge in [0.15, 0.2) is 0 Å². The molecular formula is C26H35N3O3Si. The van der Waals surface area contributed by atoms with Crippen molar-refractivity contribution < 1.29 is 14.0 Å². The van der Waals surface area contributed by atoms with Crippen LogP contribution < -0.4 is 10.4 Å². The minimum atomic E-state index is -2.81. The van der Waals surface area contributed by atoms with Gasteiger partial charge in [0.1, 0.15) is 11.6 Å². The maximum Gasteiger partial charge on any atom is 0.316 e. The van der Waals surface area contributed by atoms with Crippen LogP contribution >= 0.6 is 0 Å². The second kappa shape index (κ2) is 10.8. The molecule has 2 rings (SSSR count). The van der Waals surface area contributed by atoms with Gasteiger partial charge >= 0.3 is 5.97 Å². The Morgan fingerprint density at radius 1 is 1.03 bits per heavy atom. The van der Waals surface area contributed by atoms with Crippen LogP contribution in [0.5, 0.6) is 0 Å². The van der Waals surface area contributed by atoms with Crippen molar-refractivity contribution >= 4 is 24.7 Å². The molecule has 0 unspecified atom stereocenters. The lowest BCUT2D eigenvalue weighted by atomic mass is 10.0. The summed E-state index contributed by atoms with van der Waals surface area (Å²) in [6, 6.07) is 19.4. The minimum absolute atomic E-state index is 0.166. The molecular weight excluding hydrogens is 430 g/mol. The highest BCUT2D eigenvalue weighted by atomic mass is 28.4. The fraction of sp³-hybridized carbons (Fsp3) is 0.423. The number of azide groups is 1. The molecule has 0 aliphatic heterocycles. The molecule has 2 aromatic carbocycles. The first-order valence-corrected chi connectivity index (χ1v) is 13.0. The lowest BCUT2D eigenvalue weighted by Crippen LogP contribution is -2.67. The first kappa shape index (κ1) is 26.4. The molecule has 0 N–H and O–H groups in total. The summed E-state index contributed by atoms with van der Waals surface area (Å²) in [5.41, 5.74) is 8.42. The maximum atomic E-state index is 12.8. The van der Waals surface area contributed by atoms with Crippen molar-refractivity contribution in [3.05, 3.63) is 83.8 Å². The molecule has 0 aliphatic rings. The number of ether oxygens (including phenoxy) is 1. The van der Waals surface area contributed by atoms with Crippen LogP contribution in [0.25, 0.3) is 10.4 Å². The van der Waals surface area contributed by atoms with Gasteiger partial charge in [-0.3, -0.25) is 4.79 Å². The SMILES string of the molecule is C=C[C@@H](CO[Si](c1ccccc1)(c1ccccc1)C(C)(C)C)[C@H](N=[N+]=[N-])C(=O)OC(C)(C)C. The van der Waals surface area contributed by atoms with Gasteiger partial charge in [-0.1, -0.05) is 92.6 Å². The first-order valence-electron chi connectivity index (χ1n) is 11.1. The predicted molar refractivity (Wildman–Crippen MR) is 136 cm³/mol. The summed E-state index contributed by atoms with van der Waals surface area (Å²) in [6.07, 6.45) is 1.61. The Labute approximate surface area is 198 Å². The first-order chi connectivity index (χ1) is 15.5. The Morgan fingerprint density at radius 2 is 1.52 bits per heavy atom. The maximum absolute atomic E-state index is 12.8. The highest BCUT2D eigenvalue weighted by molar-refractivity contribution is 6.99. The molecule has 0 saturated carbocycles. The standard InChI is InChI=1S/C26H35N3O3Si/c1-8-20(23(28-29-27)24(30)32-25(2,3)4)19-31-33(26(5,6)7,21-15-11-9-12-16-21)22-17-13-10-14-18-22/h8-18,20,23H,1,19H2,2-7H3/t20-,23-/m0/s1. The summed E-state index contributed by atoms with van der Waals surface area (Å²) in [4.78, 5) is 15.7. The molecule has 0 aromatic heterocycles. The Morgan fingerprint density at radius 3 is 1.88 bits per heavy atom. The number of esters is 1. The van der Waals surface area contributed by atoms with E-state index in [1.54, 1.807) is 26.8 Å². The number of hydrogen-bond donors (Lipinski definition) is 0. The highest BCUT2D eigenvalue weighted by Crippen LogP contribution is 2.37. The van der Waals surface area contributed by atoms with E-state index in [0.29, 0.717) is 0 Å². The molecule has 0 fully saturated rings. The van der Waals surface area contributed by atoms with Gasteiger partial charge < -0.3 is 9.16 Å². The summed E-state index contributed by atoms with van der Waals surface area (Å²) in [6.45, 7) is 15.9. The molecule has 0 aliphatic carbocycles. The molecule has 0 bridgehead atoms. The van der Waals surface area contributed by atoms with Crippen molar-refractivity contribution in [1.82, 2.24) is 0 Å². The van der Waals surface area contributed by atoms with Gasteiger partial charge in [0.2, 0.25) is 0 Å². The van der Waals surface area contributed by atoms with Crippen LogP contribution in [-0.2, 0) is 14.0 Å². The third-order valence-electron chi connectivity index (χ3n) is 5.44. The highest BCUT2D eigenvalue weighted by Gasteiger charge is 2.50. The Balaban J connectivity index is 2.53. The number of carbonyl (C=O) groups is 1. The number of carbonyl (C=O) groups excluding carboxylic acids is 1. The summed E-state index contributed by atoms with van der Waals surface area (Å²) in [7, 11) is -2.81. The Hall–Kier alpha value is -2.86. The lowest BCUT2D eigenvalue weighted by Gasteiger charge is -2.43. The summed E-state index contributed by atoms with van der Waals surface area (Å²) >= 11 is 0. The second-order valence-corrected chi connectivity index (χ2v) is 14.4. The van der Waals surface area contributed by atoms with Crippen molar-refractivity contribution in [2.75, 3.05) is 6.61 Å². The van der Waals surface area contributed by atoms with Gasteiger partial charge in [-0.05, 0) is 41.7 Å². The molecule has 0 radical (unpaired) electrons. The smallest absolute Gasteiger partial charge is 0.316 e. The number of rotatable bonds is 9. The predicted octanol–water partition coefficient (Wildman–Crippen LogP) is 5.39. The number of benzene rings is 2. The molecule has 0 amide bonds. The van der Waals surface area contributed by atoms with E-state index in [4.69, 9.17) is 14.7 Å². The van der Waals surface area contributed by atoms with E-state index in [1.807, 2.05) is 36.4 Å². The van der Waals surface area contributed by atoms with Crippen LogP contribution in [0.1, 0.15) is 41.5 Å². The largest absolute Gasteiger partial charge is 0.460 e. The van der Waals surface area contributed by atoms with Crippen LogP contribution in [0.15, 0.2) is 78.4 Å². The molecule has 2 atom stereocenters. The molecule has 0 spiro atoms. The monoisotopic (exact) mass is 465 g/mol. The van der Waals surface area contributed by atoms with Gasteiger partial charge in [-0.15, -0.1) is 6.58 Å².